The molecule has 0 spiro atoms. The topological polar surface area (TPSA) is 33.2 Å². The molecule has 2 rings (SSSR count). The molecule has 0 aliphatic carbocycles. The molecule has 104 valence electrons. The highest BCUT2D eigenvalue weighted by Crippen LogP contribution is 2.26. The van der Waals surface area contributed by atoms with Gasteiger partial charge in [0.05, 0.1) is 0 Å². The third kappa shape index (κ3) is 3.55. The van der Waals surface area contributed by atoms with Gasteiger partial charge in [-0.05, 0) is 50.2 Å². The maximum Gasteiger partial charge on any atom is 0.159 e. The second kappa shape index (κ2) is 6.18. The van der Waals surface area contributed by atoms with Gasteiger partial charge < -0.3 is 4.90 Å². The lowest BCUT2D eigenvalue weighted by atomic mass is 9.89. The molecule has 3 heteroatoms. The van der Waals surface area contributed by atoms with E-state index in [0.717, 1.165) is 36.3 Å². The first-order chi connectivity index (χ1) is 9.08. The van der Waals surface area contributed by atoms with Gasteiger partial charge in [0.1, 0.15) is 5.82 Å². The highest BCUT2D eigenvalue weighted by Gasteiger charge is 2.20. The van der Waals surface area contributed by atoms with E-state index in [-0.39, 0.29) is 5.78 Å². The monoisotopic (exact) mass is 260 g/mol. The van der Waals surface area contributed by atoms with E-state index in [1.165, 1.54) is 19.3 Å². The molecule has 19 heavy (non-hydrogen) atoms. The van der Waals surface area contributed by atoms with Crippen molar-refractivity contribution in [2.24, 2.45) is 11.8 Å². The van der Waals surface area contributed by atoms with Crippen LogP contribution < -0.4 is 4.90 Å². The number of aromatic nitrogens is 1. The number of Topliss-reactive ketones (excluding diaryl/α,β-unsaturated/α-hetero) is 1. The lowest BCUT2D eigenvalue weighted by molar-refractivity contribution is 0.101. The number of hydrogen-bond donors (Lipinski definition) is 0. The first kappa shape index (κ1) is 14.0. The average Bonchev–Trinajstić information content (AvgIpc) is 2.64. The summed E-state index contributed by atoms with van der Waals surface area (Å²) in [6.07, 6.45) is 5.50. The third-order valence-corrected chi connectivity index (χ3v) is 4.19. The van der Waals surface area contributed by atoms with E-state index in [0.29, 0.717) is 0 Å². The van der Waals surface area contributed by atoms with Gasteiger partial charge >= 0.3 is 0 Å². The van der Waals surface area contributed by atoms with Gasteiger partial charge in [0.15, 0.2) is 5.78 Å². The normalized spacial score (nSPS) is 20.4. The molecule has 0 amide bonds. The Morgan fingerprint density at radius 1 is 1.37 bits per heavy atom. The molecule has 3 nitrogen and oxygen atoms in total. The number of ketones is 1. The molecule has 0 radical (unpaired) electrons. The van der Waals surface area contributed by atoms with Crippen molar-refractivity contribution in [1.82, 2.24) is 4.98 Å². The molecule has 0 aromatic carbocycles. The predicted molar refractivity (Wildman–Crippen MR) is 78.6 cm³/mol. The lowest BCUT2D eigenvalue weighted by Gasteiger charge is -2.22. The Balaban J connectivity index is 2.09. The highest BCUT2D eigenvalue weighted by molar-refractivity contribution is 5.94. The number of anilines is 1. The fourth-order valence-electron chi connectivity index (χ4n) is 2.83. The van der Waals surface area contributed by atoms with Crippen LogP contribution in [0.4, 0.5) is 5.82 Å². The fraction of sp³-hybridized carbons (Fsp3) is 0.625. The van der Waals surface area contributed by atoms with Crippen molar-refractivity contribution in [1.29, 1.82) is 0 Å². The quantitative estimate of drug-likeness (QED) is 0.779. The van der Waals surface area contributed by atoms with Crippen molar-refractivity contribution in [2.45, 2.75) is 40.0 Å². The minimum absolute atomic E-state index is 0.110. The summed E-state index contributed by atoms with van der Waals surface area (Å²) in [4.78, 5) is 18.2. The SMILES string of the molecule is CC(=O)c1ccnc(N2CCCC(C(C)C)CC2)c1. The average molecular weight is 260 g/mol. The number of carbonyl (C=O) groups is 1. The molecule has 1 aliphatic rings. The van der Waals surface area contributed by atoms with Crippen molar-refractivity contribution >= 4 is 11.6 Å². The number of nitrogens with zero attached hydrogens (tertiary/aromatic N) is 2. The molecule has 1 unspecified atom stereocenters. The molecule has 0 bridgehead atoms. The van der Waals surface area contributed by atoms with Crippen molar-refractivity contribution in [3.63, 3.8) is 0 Å². The minimum Gasteiger partial charge on any atom is -0.357 e. The molecule has 1 aliphatic heterocycles. The molecule has 1 aromatic rings. The molecule has 0 saturated carbocycles. The van der Waals surface area contributed by atoms with Gasteiger partial charge in [0.25, 0.3) is 0 Å². The van der Waals surface area contributed by atoms with Gasteiger partial charge in [0, 0.05) is 24.8 Å². The number of hydrogen-bond acceptors (Lipinski definition) is 3. The standard InChI is InChI=1S/C16H24N2O/c1-12(2)14-5-4-9-18(10-7-14)16-11-15(13(3)19)6-8-17-16/h6,8,11-12,14H,4-5,7,9-10H2,1-3H3. The fourth-order valence-corrected chi connectivity index (χ4v) is 2.83. The van der Waals surface area contributed by atoms with Crippen LogP contribution in [0.1, 0.15) is 50.4 Å². The first-order valence-corrected chi connectivity index (χ1v) is 7.30. The second-order valence-electron chi connectivity index (χ2n) is 5.88. The largest absolute Gasteiger partial charge is 0.357 e. The van der Waals surface area contributed by atoms with Crippen LogP contribution in [-0.2, 0) is 0 Å². The number of rotatable bonds is 3. The summed E-state index contributed by atoms with van der Waals surface area (Å²) in [5.74, 6) is 2.65. The van der Waals surface area contributed by atoms with E-state index in [2.05, 4.69) is 23.7 Å². The smallest absolute Gasteiger partial charge is 0.159 e. The van der Waals surface area contributed by atoms with Gasteiger partial charge in [-0.15, -0.1) is 0 Å². The predicted octanol–water partition coefficient (Wildman–Crippen LogP) is 3.55. The summed E-state index contributed by atoms with van der Waals surface area (Å²) in [5.41, 5.74) is 0.759. The van der Waals surface area contributed by atoms with E-state index >= 15 is 0 Å². The maximum atomic E-state index is 11.4. The Bertz CT molecular complexity index is 442. The molecule has 1 aromatic heterocycles. The summed E-state index contributed by atoms with van der Waals surface area (Å²) in [6, 6.07) is 3.72. The number of carbonyl (C=O) groups excluding carboxylic acids is 1. The van der Waals surface area contributed by atoms with Crippen LogP contribution in [0.5, 0.6) is 0 Å². The maximum absolute atomic E-state index is 11.4. The Kier molecular flexibility index (Phi) is 4.56. The molecular weight excluding hydrogens is 236 g/mol. The van der Waals surface area contributed by atoms with Crippen LogP contribution in [0.3, 0.4) is 0 Å². The van der Waals surface area contributed by atoms with Gasteiger partial charge in [-0.1, -0.05) is 13.8 Å². The zero-order valence-electron chi connectivity index (χ0n) is 12.2. The molecule has 1 fully saturated rings. The van der Waals surface area contributed by atoms with E-state index in [4.69, 9.17) is 0 Å². The Labute approximate surface area is 116 Å². The van der Waals surface area contributed by atoms with Crippen LogP contribution in [0, 0.1) is 11.8 Å². The van der Waals surface area contributed by atoms with Crippen LogP contribution in [0.2, 0.25) is 0 Å². The summed E-state index contributed by atoms with van der Waals surface area (Å²) < 4.78 is 0. The summed E-state index contributed by atoms with van der Waals surface area (Å²) in [7, 11) is 0. The number of pyridine rings is 1. The molecule has 2 heterocycles. The van der Waals surface area contributed by atoms with Crippen LogP contribution >= 0.6 is 0 Å². The summed E-state index contributed by atoms with van der Waals surface area (Å²) >= 11 is 0. The molecule has 1 saturated heterocycles. The highest BCUT2D eigenvalue weighted by atomic mass is 16.1. The van der Waals surface area contributed by atoms with Crippen LogP contribution in [0.25, 0.3) is 0 Å². The van der Waals surface area contributed by atoms with Crippen molar-refractivity contribution < 1.29 is 4.79 Å². The zero-order chi connectivity index (χ0) is 13.8. The van der Waals surface area contributed by atoms with Crippen LogP contribution in [-0.4, -0.2) is 23.9 Å². The first-order valence-electron chi connectivity index (χ1n) is 7.30. The van der Waals surface area contributed by atoms with Crippen molar-refractivity contribution in [3.8, 4) is 0 Å². The lowest BCUT2D eigenvalue weighted by Crippen LogP contribution is -2.25. The third-order valence-electron chi connectivity index (χ3n) is 4.19. The van der Waals surface area contributed by atoms with E-state index in [1.54, 1.807) is 19.2 Å². The second-order valence-corrected chi connectivity index (χ2v) is 5.88. The zero-order valence-corrected chi connectivity index (χ0v) is 12.2. The van der Waals surface area contributed by atoms with Gasteiger partial charge in [-0.3, -0.25) is 4.79 Å². The minimum atomic E-state index is 0.110. The summed E-state index contributed by atoms with van der Waals surface area (Å²) in [5, 5.41) is 0. The Morgan fingerprint density at radius 2 is 2.16 bits per heavy atom. The molecular formula is C16H24N2O. The van der Waals surface area contributed by atoms with E-state index < -0.39 is 0 Å². The van der Waals surface area contributed by atoms with Gasteiger partial charge in [0.2, 0.25) is 0 Å². The van der Waals surface area contributed by atoms with Crippen molar-refractivity contribution in [2.75, 3.05) is 18.0 Å². The Morgan fingerprint density at radius 3 is 2.84 bits per heavy atom. The van der Waals surface area contributed by atoms with E-state index in [1.807, 2.05) is 6.07 Å². The van der Waals surface area contributed by atoms with Crippen molar-refractivity contribution in [3.05, 3.63) is 23.9 Å². The van der Waals surface area contributed by atoms with Crippen LogP contribution in [0.15, 0.2) is 18.3 Å². The molecule has 0 N–H and O–H groups in total. The molecule has 1 atom stereocenters. The van der Waals surface area contributed by atoms with E-state index in [9.17, 15) is 4.79 Å². The Hall–Kier alpha value is -1.38. The van der Waals surface area contributed by atoms with Gasteiger partial charge in [-0.25, -0.2) is 4.98 Å². The summed E-state index contributed by atoms with van der Waals surface area (Å²) in [6.45, 7) is 8.34. The van der Waals surface area contributed by atoms with Gasteiger partial charge in [-0.2, -0.15) is 0 Å².